The molecule has 1 aromatic carbocycles. The van der Waals surface area contributed by atoms with Crippen LogP contribution in [0.25, 0.3) is 0 Å². The van der Waals surface area contributed by atoms with Crippen LogP contribution in [0.1, 0.15) is 30.9 Å². The molecule has 0 aromatic heterocycles. The van der Waals surface area contributed by atoms with Crippen LogP contribution in [0.15, 0.2) is 24.3 Å². The lowest BCUT2D eigenvalue weighted by molar-refractivity contribution is 0.151. The smallest absolute Gasteiger partial charge is 0.263 e. The molecule has 0 saturated carbocycles. The standard InChI is InChI=1S/C14H20F2N2/c1-14(9-17)5-6-18(10-14)8-11-3-2-4-12(7-11)13(15)16/h2-4,7,13H,5-6,8-10,17H2,1H3. The van der Waals surface area contributed by atoms with Gasteiger partial charge in [0.25, 0.3) is 6.43 Å². The van der Waals surface area contributed by atoms with Crippen LogP contribution in [-0.4, -0.2) is 24.5 Å². The summed E-state index contributed by atoms with van der Waals surface area (Å²) in [5.74, 6) is 0. The summed E-state index contributed by atoms with van der Waals surface area (Å²) in [4.78, 5) is 2.29. The predicted molar refractivity (Wildman–Crippen MR) is 68.5 cm³/mol. The van der Waals surface area contributed by atoms with Crippen LogP contribution in [0.2, 0.25) is 0 Å². The average molecular weight is 254 g/mol. The molecular weight excluding hydrogens is 234 g/mol. The average Bonchev–Trinajstić information content (AvgIpc) is 2.72. The van der Waals surface area contributed by atoms with Crippen molar-refractivity contribution in [3.63, 3.8) is 0 Å². The minimum absolute atomic E-state index is 0.105. The van der Waals surface area contributed by atoms with Crippen LogP contribution >= 0.6 is 0 Å². The summed E-state index contributed by atoms with van der Waals surface area (Å²) in [6.07, 6.45) is -1.31. The first-order valence-electron chi connectivity index (χ1n) is 6.32. The van der Waals surface area contributed by atoms with Gasteiger partial charge in [-0.3, -0.25) is 4.90 Å². The van der Waals surface area contributed by atoms with E-state index in [1.54, 1.807) is 12.1 Å². The summed E-state index contributed by atoms with van der Waals surface area (Å²) in [5, 5.41) is 0. The SMILES string of the molecule is CC1(CN)CCN(Cc2cccc(C(F)F)c2)C1. The lowest BCUT2D eigenvalue weighted by Gasteiger charge is -2.22. The molecule has 0 spiro atoms. The van der Waals surface area contributed by atoms with Crippen LogP contribution in [0.5, 0.6) is 0 Å². The zero-order valence-corrected chi connectivity index (χ0v) is 10.7. The Hall–Kier alpha value is -1.00. The monoisotopic (exact) mass is 254 g/mol. The van der Waals surface area contributed by atoms with Gasteiger partial charge in [0.15, 0.2) is 0 Å². The topological polar surface area (TPSA) is 29.3 Å². The molecule has 1 aromatic rings. The second kappa shape index (κ2) is 5.33. The van der Waals surface area contributed by atoms with Crippen molar-refractivity contribution >= 4 is 0 Å². The van der Waals surface area contributed by atoms with Crippen molar-refractivity contribution in [3.8, 4) is 0 Å². The van der Waals surface area contributed by atoms with Gasteiger partial charge in [-0.2, -0.15) is 0 Å². The fourth-order valence-corrected chi connectivity index (χ4v) is 2.51. The molecule has 1 unspecified atom stereocenters. The first kappa shape index (κ1) is 13.4. The number of hydrogen-bond acceptors (Lipinski definition) is 2. The van der Waals surface area contributed by atoms with E-state index >= 15 is 0 Å². The number of nitrogens with two attached hydrogens (primary N) is 1. The molecule has 0 amide bonds. The van der Waals surface area contributed by atoms with Gasteiger partial charge >= 0.3 is 0 Å². The van der Waals surface area contributed by atoms with Crippen molar-refractivity contribution in [1.29, 1.82) is 0 Å². The Labute approximate surface area is 107 Å². The van der Waals surface area contributed by atoms with Crippen LogP contribution in [0, 0.1) is 5.41 Å². The Balaban J connectivity index is 2.00. The van der Waals surface area contributed by atoms with Gasteiger partial charge in [-0.25, -0.2) is 8.78 Å². The largest absolute Gasteiger partial charge is 0.330 e. The van der Waals surface area contributed by atoms with E-state index in [9.17, 15) is 8.78 Å². The predicted octanol–water partition coefficient (Wildman–Crippen LogP) is 2.79. The Morgan fingerprint density at radius 2 is 2.22 bits per heavy atom. The van der Waals surface area contributed by atoms with E-state index in [2.05, 4.69) is 11.8 Å². The molecule has 100 valence electrons. The van der Waals surface area contributed by atoms with Crippen LogP contribution in [-0.2, 0) is 6.54 Å². The number of hydrogen-bond donors (Lipinski definition) is 1. The molecule has 1 heterocycles. The van der Waals surface area contributed by atoms with Gasteiger partial charge in [-0.1, -0.05) is 25.1 Å². The van der Waals surface area contributed by atoms with Gasteiger partial charge in [0.05, 0.1) is 0 Å². The third-order valence-corrected chi connectivity index (χ3v) is 3.74. The van der Waals surface area contributed by atoms with Crippen molar-refractivity contribution in [3.05, 3.63) is 35.4 Å². The normalized spacial score (nSPS) is 24.9. The van der Waals surface area contributed by atoms with E-state index < -0.39 is 6.43 Å². The lowest BCUT2D eigenvalue weighted by Crippen LogP contribution is -2.31. The Bertz CT molecular complexity index is 409. The molecule has 1 fully saturated rings. The third-order valence-electron chi connectivity index (χ3n) is 3.74. The van der Waals surface area contributed by atoms with Crippen LogP contribution < -0.4 is 5.73 Å². The summed E-state index contributed by atoms with van der Waals surface area (Å²) in [6, 6.07) is 6.68. The van der Waals surface area contributed by atoms with E-state index in [0.717, 1.165) is 31.6 Å². The maximum Gasteiger partial charge on any atom is 0.263 e. The molecule has 0 bridgehead atoms. The summed E-state index contributed by atoms with van der Waals surface area (Å²) in [5.41, 5.74) is 7.00. The maximum atomic E-state index is 12.6. The summed E-state index contributed by atoms with van der Waals surface area (Å²) >= 11 is 0. The Morgan fingerprint density at radius 1 is 1.44 bits per heavy atom. The first-order valence-corrected chi connectivity index (χ1v) is 6.32. The zero-order chi connectivity index (χ0) is 13.2. The molecule has 4 heteroatoms. The molecule has 2 N–H and O–H groups in total. The van der Waals surface area contributed by atoms with E-state index in [1.165, 1.54) is 6.07 Å². The highest BCUT2D eigenvalue weighted by Gasteiger charge is 2.32. The van der Waals surface area contributed by atoms with Crippen molar-refractivity contribution in [2.24, 2.45) is 11.1 Å². The summed E-state index contributed by atoms with van der Waals surface area (Å²) in [7, 11) is 0. The van der Waals surface area contributed by atoms with Crippen molar-refractivity contribution in [1.82, 2.24) is 4.90 Å². The zero-order valence-electron chi connectivity index (χ0n) is 10.7. The summed E-state index contributed by atoms with van der Waals surface area (Å²) < 4.78 is 25.2. The molecular formula is C14H20F2N2. The summed E-state index contributed by atoms with van der Waals surface area (Å²) in [6.45, 7) is 5.54. The van der Waals surface area contributed by atoms with Crippen molar-refractivity contribution in [2.45, 2.75) is 26.3 Å². The van der Waals surface area contributed by atoms with Crippen molar-refractivity contribution in [2.75, 3.05) is 19.6 Å². The Morgan fingerprint density at radius 3 is 2.83 bits per heavy atom. The highest BCUT2D eigenvalue weighted by Crippen LogP contribution is 2.30. The van der Waals surface area contributed by atoms with Gasteiger partial charge in [0.2, 0.25) is 0 Å². The first-order chi connectivity index (χ1) is 8.52. The minimum Gasteiger partial charge on any atom is -0.330 e. The molecule has 1 aliphatic heterocycles. The molecule has 1 atom stereocenters. The molecule has 1 saturated heterocycles. The number of benzene rings is 1. The second-order valence-electron chi connectivity index (χ2n) is 5.52. The molecule has 2 nitrogen and oxygen atoms in total. The lowest BCUT2D eigenvalue weighted by atomic mass is 9.90. The number of rotatable bonds is 4. The van der Waals surface area contributed by atoms with Gasteiger partial charge in [-0.05, 0) is 36.6 Å². The number of halogens is 2. The molecule has 18 heavy (non-hydrogen) atoms. The van der Waals surface area contributed by atoms with E-state index in [-0.39, 0.29) is 11.0 Å². The number of alkyl halides is 2. The van der Waals surface area contributed by atoms with Gasteiger partial charge in [0.1, 0.15) is 0 Å². The molecule has 0 radical (unpaired) electrons. The Kier molecular flexibility index (Phi) is 3.97. The second-order valence-corrected chi connectivity index (χ2v) is 5.52. The van der Waals surface area contributed by atoms with E-state index in [1.807, 2.05) is 6.07 Å². The van der Waals surface area contributed by atoms with Gasteiger partial charge in [0, 0.05) is 18.7 Å². The highest BCUT2D eigenvalue weighted by molar-refractivity contribution is 5.24. The third kappa shape index (κ3) is 3.06. The van der Waals surface area contributed by atoms with Crippen LogP contribution in [0.4, 0.5) is 8.78 Å². The van der Waals surface area contributed by atoms with Crippen molar-refractivity contribution < 1.29 is 8.78 Å². The van der Waals surface area contributed by atoms with E-state index in [4.69, 9.17) is 5.73 Å². The van der Waals surface area contributed by atoms with Crippen LogP contribution in [0.3, 0.4) is 0 Å². The molecule has 2 rings (SSSR count). The quantitative estimate of drug-likeness (QED) is 0.895. The maximum absolute atomic E-state index is 12.6. The minimum atomic E-state index is -2.39. The highest BCUT2D eigenvalue weighted by atomic mass is 19.3. The van der Waals surface area contributed by atoms with Gasteiger partial charge in [-0.15, -0.1) is 0 Å². The molecule has 1 aliphatic rings. The fraction of sp³-hybridized carbons (Fsp3) is 0.571. The van der Waals surface area contributed by atoms with E-state index in [0.29, 0.717) is 6.54 Å². The molecule has 0 aliphatic carbocycles. The fourth-order valence-electron chi connectivity index (χ4n) is 2.51. The van der Waals surface area contributed by atoms with Gasteiger partial charge < -0.3 is 5.73 Å². The number of likely N-dealkylation sites (tertiary alicyclic amines) is 1. The number of nitrogens with zero attached hydrogens (tertiary/aromatic N) is 1.